The average molecular weight is 233 g/mol. The molecule has 0 aliphatic rings. The zero-order chi connectivity index (χ0) is 12.6. The van der Waals surface area contributed by atoms with Crippen LogP contribution in [0.5, 0.6) is 0 Å². The van der Waals surface area contributed by atoms with Gasteiger partial charge in [-0.3, -0.25) is 0 Å². The molecule has 0 radical (unpaired) electrons. The number of carbonyl (C=O) groups excluding carboxylic acids is 1. The Kier molecular flexibility index (Phi) is 2.61. The highest BCUT2D eigenvalue weighted by atomic mass is 16.6. The second-order valence-corrected chi connectivity index (χ2v) is 4.86. The van der Waals surface area contributed by atoms with E-state index in [2.05, 4.69) is 9.97 Å². The normalized spacial score (nSPS) is 11.8. The number of nitrogens with zero attached hydrogens (tertiary/aromatic N) is 3. The molecule has 0 aromatic carbocycles. The molecule has 0 saturated heterocycles. The molecule has 0 amide bonds. The summed E-state index contributed by atoms with van der Waals surface area (Å²) >= 11 is 0. The molecule has 0 spiro atoms. The van der Waals surface area contributed by atoms with Crippen molar-refractivity contribution in [2.24, 2.45) is 0 Å². The standard InChI is InChI=1S/C12H15N3O2/c1-8-9-5-6-15(10(9)14-7-13-8)11(16)17-12(2,3)4/h5-7H,1-4H3. The van der Waals surface area contributed by atoms with Gasteiger partial charge >= 0.3 is 6.09 Å². The number of fused-ring (bicyclic) bond motifs is 1. The molecule has 0 fully saturated rings. The van der Waals surface area contributed by atoms with Gasteiger partial charge in [-0.05, 0) is 33.8 Å². The quantitative estimate of drug-likeness (QED) is 0.701. The lowest BCUT2D eigenvalue weighted by molar-refractivity contribution is 0.0543. The van der Waals surface area contributed by atoms with Gasteiger partial charge in [0, 0.05) is 11.6 Å². The molecule has 5 heteroatoms. The first kappa shape index (κ1) is 11.6. The van der Waals surface area contributed by atoms with E-state index in [1.807, 2.05) is 33.8 Å². The van der Waals surface area contributed by atoms with Crippen molar-refractivity contribution in [3.8, 4) is 0 Å². The highest BCUT2D eigenvalue weighted by Gasteiger charge is 2.19. The lowest BCUT2D eigenvalue weighted by Crippen LogP contribution is -2.26. The Labute approximate surface area is 99.4 Å². The van der Waals surface area contributed by atoms with Crippen LogP contribution in [0.1, 0.15) is 26.5 Å². The van der Waals surface area contributed by atoms with Crippen molar-refractivity contribution >= 4 is 17.1 Å². The molecule has 90 valence electrons. The maximum atomic E-state index is 11.9. The Morgan fingerprint density at radius 2 is 2.06 bits per heavy atom. The summed E-state index contributed by atoms with van der Waals surface area (Å²) < 4.78 is 6.69. The Morgan fingerprint density at radius 3 is 2.71 bits per heavy atom. The van der Waals surface area contributed by atoms with Crippen LogP contribution >= 0.6 is 0 Å². The lowest BCUT2D eigenvalue weighted by atomic mass is 10.2. The van der Waals surface area contributed by atoms with Gasteiger partial charge in [-0.25, -0.2) is 19.3 Å². The summed E-state index contributed by atoms with van der Waals surface area (Å²) in [6.07, 6.45) is 2.67. The van der Waals surface area contributed by atoms with Gasteiger partial charge in [0.2, 0.25) is 0 Å². The van der Waals surface area contributed by atoms with Gasteiger partial charge in [0.1, 0.15) is 11.9 Å². The van der Waals surface area contributed by atoms with E-state index < -0.39 is 11.7 Å². The van der Waals surface area contributed by atoms with E-state index >= 15 is 0 Å². The summed E-state index contributed by atoms with van der Waals surface area (Å²) in [5.41, 5.74) is 0.902. The summed E-state index contributed by atoms with van der Waals surface area (Å²) in [5, 5.41) is 0.860. The molecule has 0 bridgehead atoms. The van der Waals surface area contributed by atoms with Crippen molar-refractivity contribution < 1.29 is 9.53 Å². The van der Waals surface area contributed by atoms with Crippen molar-refractivity contribution in [2.75, 3.05) is 0 Å². The van der Waals surface area contributed by atoms with Crippen LogP contribution in [0.25, 0.3) is 11.0 Å². The Bertz CT molecular complexity index is 567. The zero-order valence-electron chi connectivity index (χ0n) is 10.4. The molecular weight excluding hydrogens is 218 g/mol. The summed E-state index contributed by atoms with van der Waals surface area (Å²) in [6.45, 7) is 7.37. The SMILES string of the molecule is Cc1ncnc2c1ccn2C(=O)OC(C)(C)C. The average Bonchev–Trinajstić information content (AvgIpc) is 2.60. The highest BCUT2D eigenvalue weighted by molar-refractivity contribution is 5.87. The molecule has 2 heterocycles. The Balaban J connectivity index is 2.43. The summed E-state index contributed by atoms with van der Waals surface area (Å²) in [7, 11) is 0. The lowest BCUT2D eigenvalue weighted by Gasteiger charge is -2.19. The number of hydrogen-bond acceptors (Lipinski definition) is 4. The summed E-state index contributed by atoms with van der Waals surface area (Å²) in [4.78, 5) is 20.1. The third kappa shape index (κ3) is 2.27. The summed E-state index contributed by atoms with van der Waals surface area (Å²) in [5.74, 6) is 0. The maximum Gasteiger partial charge on any atom is 0.420 e. The van der Waals surface area contributed by atoms with Gasteiger partial charge in [-0.2, -0.15) is 0 Å². The van der Waals surface area contributed by atoms with E-state index in [9.17, 15) is 4.79 Å². The van der Waals surface area contributed by atoms with Crippen LogP contribution in [0.2, 0.25) is 0 Å². The highest BCUT2D eigenvalue weighted by Crippen LogP contribution is 2.17. The minimum atomic E-state index is -0.518. The first-order valence-corrected chi connectivity index (χ1v) is 5.40. The van der Waals surface area contributed by atoms with E-state index in [1.54, 1.807) is 6.20 Å². The fourth-order valence-electron chi connectivity index (χ4n) is 1.54. The number of hydrogen-bond donors (Lipinski definition) is 0. The molecule has 2 aromatic rings. The van der Waals surface area contributed by atoms with Crippen LogP contribution in [0.3, 0.4) is 0 Å². The molecule has 0 N–H and O–H groups in total. The topological polar surface area (TPSA) is 57.0 Å². The predicted octanol–water partition coefficient (Wildman–Crippen LogP) is 2.52. The molecule has 0 saturated carbocycles. The number of ether oxygens (including phenoxy) is 1. The first-order chi connectivity index (χ1) is 7.88. The van der Waals surface area contributed by atoms with Crippen LogP contribution in [0, 0.1) is 6.92 Å². The van der Waals surface area contributed by atoms with E-state index in [-0.39, 0.29) is 0 Å². The van der Waals surface area contributed by atoms with Crippen LogP contribution in [0.15, 0.2) is 18.6 Å². The second kappa shape index (κ2) is 3.84. The number of aromatic nitrogens is 3. The molecule has 0 unspecified atom stereocenters. The van der Waals surface area contributed by atoms with E-state index in [0.717, 1.165) is 11.1 Å². The molecule has 0 aliphatic heterocycles. The van der Waals surface area contributed by atoms with Crippen molar-refractivity contribution in [1.82, 2.24) is 14.5 Å². The van der Waals surface area contributed by atoms with Gasteiger partial charge < -0.3 is 4.74 Å². The van der Waals surface area contributed by atoms with Gasteiger partial charge in [0.25, 0.3) is 0 Å². The molecule has 2 rings (SSSR count). The Hall–Kier alpha value is -1.91. The molecule has 5 nitrogen and oxygen atoms in total. The van der Waals surface area contributed by atoms with Crippen LogP contribution in [-0.4, -0.2) is 26.2 Å². The minimum Gasteiger partial charge on any atom is -0.443 e. The van der Waals surface area contributed by atoms with Gasteiger partial charge in [-0.1, -0.05) is 0 Å². The number of aryl methyl sites for hydroxylation is 1. The van der Waals surface area contributed by atoms with Crippen molar-refractivity contribution in [2.45, 2.75) is 33.3 Å². The predicted molar refractivity (Wildman–Crippen MR) is 63.9 cm³/mol. The van der Waals surface area contributed by atoms with Crippen LogP contribution in [0.4, 0.5) is 4.79 Å². The molecule has 2 aromatic heterocycles. The Morgan fingerprint density at radius 1 is 1.35 bits per heavy atom. The third-order valence-corrected chi connectivity index (χ3v) is 2.27. The minimum absolute atomic E-state index is 0.425. The van der Waals surface area contributed by atoms with Crippen molar-refractivity contribution in [3.63, 3.8) is 0 Å². The monoisotopic (exact) mass is 233 g/mol. The van der Waals surface area contributed by atoms with Crippen LogP contribution in [-0.2, 0) is 4.74 Å². The molecule has 0 aliphatic carbocycles. The smallest absolute Gasteiger partial charge is 0.420 e. The molecule has 17 heavy (non-hydrogen) atoms. The van der Waals surface area contributed by atoms with E-state index in [1.165, 1.54) is 10.9 Å². The van der Waals surface area contributed by atoms with Gasteiger partial charge in [0.15, 0.2) is 5.65 Å². The van der Waals surface area contributed by atoms with E-state index in [4.69, 9.17) is 4.74 Å². The third-order valence-electron chi connectivity index (χ3n) is 2.27. The number of rotatable bonds is 0. The number of carbonyl (C=O) groups is 1. The van der Waals surface area contributed by atoms with Gasteiger partial charge in [0.05, 0.1) is 5.69 Å². The van der Waals surface area contributed by atoms with E-state index in [0.29, 0.717) is 5.65 Å². The second-order valence-electron chi connectivity index (χ2n) is 4.86. The maximum absolute atomic E-state index is 11.9. The van der Waals surface area contributed by atoms with Crippen LogP contribution < -0.4 is 0 Å². The van der Waals surface area contributed by atoms with Gasteiger partial charge in [-0.15, -0.1) is 0 Å². The molecular formula is C12H15N3O2. The summed E-state index contributed by atoms with van der Waals surface area (Å²) in [6, 6.07) is 1.81. The fourth-order valence-corrected chi connectivity index (χ4v) is 1.54. The zero-order valence-corrected chi connectivity index (χ0v) is 10.4. The molecule has 0 atom stereocenters. The van der Waals surface area contributed by atoms with Crippen molar-refractivity contribution in [3.05, 3.63) is 24.3 Å². The largest absolute Gasteiger partial charge is 0.443 e. The first-order valence-electron chi connectivity index (χ1n) is 5.40. The fraction of sp³-hybridized carbons (Fsp3) is 0.417. The van der Waals surface area contributed by atoms with Crippen molar-refractivity contribution in [1.29, 1.82) is 0 Å².